The van der Waals surface area contributed by atoms with E-state index in [9.17, 15) is 4.39 Å². The summed E-state index contributed by atoms with van der Waals surface area (Å²) in [6, 6.07) is 0.411. The molecule has 1 N–H and O–H groups in total. The minimum absolute atomic E-state index is 0.393. The molecule has 3 unspecified atom stereocenters. The summed E-state index contributed by atoms with van der Waals surface area (Å²) in [6.45, 7) is 4.54. The van der Waals surface area contributed by atoms with Crippen molar-refractivity contribution in [1.82, 2.24) is 9.97 Å². The van der Waals surface area contributed by atoms with Crippen molar-refractivity contribution in [2.75, 3.05) is 5.32 Å². The lowest BCUT2D eigenvalue weighted by Gasteiger charge is -2.34. The quantitative estimate of drug-likeness (QED) is 0.837. The molecule has 0 amide bonds. The van der Waals surface area contributed by atoms with Crippen molar-refractivity contribution in [3.8, 4) is 0 Å². The first-order valence-electron chi connectivity index (χ1n) is 5.91. The van der Waals surface area contributed by atoms with Gasteiger partial charge in [0.15, 0.2) is 5.82 Å². The third-order valence-electron chi connectivity index (χ3n) is 3.64. The molecule has 0 bridgehead atoms. The summed E-state index contributed by atoms with van der Waals surface area (Å²) in [7, 11) is 0. The first-order valence-corrected chi connectivity index (χ1v) is 5.91. The minimum Gasteiger partial charge on any atom is -0.351 e. The Kier molecular flexibility index (Phi) is 3.36. The number of hydrogen-bond donors (Lipinski definition) is 1. The van der Waals surface area contributed by atoms with E-state index in [1.165, 1.54) is 25.2 Å². The van der Waals surface area contributed by atoms with Crippen molar-refractivity contribution in [1.29, 1.82) is 0 Å². The van der Waals surface area contributed by atoms with Crippen LogP contribution in [-0.2, 0) is 0 Å². The van der Waals surface area contributed by atoms with Gasteiger partial charge in [0, 0.05) is 6.04 Å². The Hall–Kier alpha value is -1.19. The van der Waals surface area contributed by atoms with Crippen molar-refractivity contribution in [2.45, 2.75) is 39.2 Å². The molecule has 0 spiro atoms. The van der Waals surface area contributed by atoms with E-state index in [1.807, 2.05) is 0 Å². The van der Waals surface area contributed by atoms with Crippen molar-refractivity contribution in [2.24, 2.45) is 11.8 Å². The number of halogens is 1. The summed E-state index contributed by atoms with van der Waals surface area (Å²) >= 11 is 0. The summed E-state index contributed by atoms with van der Waals surface area (Å²) in [6.07, 6.45) is 6.08. The van der Waals surface area contributed by atoms with Gasteiger partial charge in [0.25, 0.3) is 0 Å². The molecule has 1 heterocycles. The molecule has 1 aromatic rings. The Balaban J connectivity index is 2.00. The maximum atomic E-state index is 12.7. The number of hydrogen-bond acceptors (Lipinski definition) is 3. The maximum absolute atomic E-state index is 12.7. The first kappa shape index (κ1) is 11.3. The number of aromatic nitrogens is 2. The fraction of sp³-hybridized carbons (Fsp3) is 0.667. The van der Waals surface area contributed by atoms with Crippen LogP contribution >= 0.6 is 0 Å². The molecule has 1 aliphatic carbocycles. The second-order valence-electron chi connectivity index (χ2n) is 4.74. The molecule has 1 saturated carbocycles. The lowest BCUT2D eigenvalue weighted by molar-refractivity contribution is 0.252. The van der Waals surface area contributed by atoms with Gasteiger partial charge in [0.05, 0.1) is 12.4 Å². The van der Waals surface area contributed by atoms with Crippen LogP contribution < -0.4 is 5.32 Å². The van der Waals surface area contributed by atoms with Crippen LogP contribution in [-0.4, -0.2) is 16.0 Å². The van der Waals surface area contributed by atoms with Crippen LogP contribution in [0.5, 0.6) is 0 Å². The van der Waals surface area contributed by atoms with Gasteiger partial charge >= 0.3 is 0 Å². The lowest BCUT2D eigenvalue weighted by atomic mass is 9.78. The van der Waals surface area contributed by atoms with Crippen LogP contribution in [0.15, 0.2) is 12.4 Å². The normalized spacial score (nSPS) is 30.1. The highest BCUT2D eigenvalue weighted by Crippen LogP contribution is 2.30. The fourth-order valence-corrected chi connectivity index (χ4v) is 2.34. The van der Waals surface area contributed by atoms with Crippen molar-refractivity contribution in [3.63, 3.8) is 0 Å². The third kappa shape index (κ3) is 2.49. The molecule has 2 rings (SSSR count). The fourth-order valence-electron chi connectivity index (χ4n) is 2.34. The van der Waals surface area contributed by atoms with E-state index in [1.54, 1.807) is 0 Å². The van der Waals surface area contributed by atoms with E-state index in [-0.39, 0.29) is 0 Å². The zero-order valence-electron chi connectivity index (χ0n) is 9.78. The van der Waals surface area contributed by atoms with Gasteiger partial charge in [0.1, 0.15) is 0 Å². The Morgan fingerprint density at radius 2 is 1.94 bits per heavy atom. The van der Waals surface area contributed by atoms with Gasteiger partial charge < -0.3 is 5.32 Å². The summed E-state index contributed by atoms with van der Waals surface area (Å²) < 4.78 is 12.7. The SMILES string of the molecule is CC1CCCC(Nc2ncc(F)cn2)C1C. The van der Waals surface area contributed by atoms with E-state index in [0.29, 0.717) is 17.9 Å². The van der Waals surface area contributed by atoms with Crippen molar-refractivity contribution < 1.29 is 4.39 Å². The molecule has 0 aromatic carbocycles. The zero-order chi connectivity index (χ0) is 11.5. The number of anilines is 1. The molecule has 1 fully saturated rings. The van der Waals surface area contributed by atoms with E-state index in [4.69, 9.17) is 0 Å². The van der Waals surface area contributed by atoms with E-state index in [2.05, 4.69) is 29.1 Å². The smallest absolute Gasteiger partial charge is 0.223 e. The standard InChI is InChI=1S/C12H18FN3/c1-8-4-3-5-11(9(8)2)16-12-14-6-10(13)7-15-12/h6-9,11H,3-5H2,1-2H3,(H,14,15,16). The van der Waals surface area contributed by atoms with Gasteiger partial charge in [-0.15, -0.1) is 0 Å². The van der Waals surface area contributed by atoms with Gasteiger partial charge in [-0.05, 0) is 18.3 Å². The lowest BCUT2D eigenvalue weighted by Crippen LogP contribution is -2.35. The second-order valence-corrected chi connectivity index (χ2v) is 4.74. The number of rotatable bonds is 2. The Morgan fingerprint density at radius 3 is 2.62 bits per heavy atom. The second kappa shape index (κ2) is 4.76. The average molecular weight is 223 g/mol. The molecule has 3 nitrogen and oxygen atoms in total. The number of nitrogens with one attached hydrogen (secondary N) is 1. The predicted molar refractivity (Wildman–Crippen MR) is 61.6 cm³/mol. The van der Waals surface area contributed by atoms with Crippen LogP contribution in [0, 0.1) is 17.7 Å². The van der Waals surface area contributed by atoms with Crippen LogP contribution in [0.4, 0.5) is 10.3 Å². The van der Waals surface area contributed by atoms with E-state index >= 15 is 0 Å². The van der Waals surface area contributed by atoms with Gasteiger partial charge in [-0.2, -0.15) is 0 Å². The molecule has 0 saturated heterocycles. The van der Waals surface area contributed by atoms with Crippen LogP contribution in [0.25, 0.3) is 0 Å². The molecule has 88 valence electrons. The number of nitrogens with zero attached hydrogens (tertiary/aromatic N) is 2. The summed E-state index contributed by atoms with van der Waals surface area (Å²) in [5.41, 5.74) is 0. The molecule has 3 atom stereocenters. The van der Waals surface area contributed by atoms with Crippen LogP contribution in [0.3, 0.4) is 0 Å². The van der Waals surface area contributed by atoms with Crippen molar-refractivity contribution in [3.05, 3.63) is 18.2 Å². The maximum Gasteiger partial charge on any atom is 0.223 e. The molecular weight excluding hydrogens is 205 g/mol. The Bertz CT molecular complexity index is 339. The van der Waals surface area contributed by atoms with Gasteiger partial charge in [-0.1, -0.05) is 26.7 Å². The largest absolute Gasteiger partial charge is 0.351 e. The highest BCUT2D eigenvalue weighted by molar-refractivity contribution is 5.25. The minimum atomic E-state index is -0.393. The van der Waals surface area contributed by atoms with Crippen LogP contribution in [0.2, 0.25) is 0 Å². The summed E-state index contributed by atoms with van der Waals surface area (Å²) in [4.78, 5) is 7.87. The van der Waals surface area contributed by atoms with Crippen molar-refractivity contribution >= 4 is 5.95 Å². The topological polar surface area (TPSA) is 37.8 Å². The Morgan fingerprint density at radius 1 is 1.25 bits per heavy atom. The van der Waals surface area contributed by atoms with E-state index < -0.39 is 5.82 Å². The molecular formula is C12H18FN3. The highest BCUT2D eigenvalue weighted by atomic mass is 19.1. The first-order chi connectivity index (χ1) is 7.66. The Labute approximate surface area is 95.5 Å². The zero-order valence-corrected chi connectivity index (χ0v) is 9.78. The van der Waals surface area contributed by atoms with Gasteiger partial charge in [0.2, 0.25) is 5.95 Å². The van der Waals surface area contributed by atoms with E-state index in [0.717, 1.165) is 12.3 Å². The average Bonchev–Trinajstić information content (AvgIpc) is 2.28. The molecule has 1 aromatic heterocycles. The highest BCUT2D eigenvalue weighted by Gasteiger charge is 2.27. The molecule has 0 radical (unpaired) electrons. The molecule has 16 heavy (non-hydrogen) atoms. The third-order valence-corrected chi connectivity index (χ3v) is 3.64. The predicted octanol–water partition coefficient (Wildman–Crippen LogP) is 2.85. The molecule has 0 aliphatic heterocycles. The van der Waals surface area contributed by atoms with Crippen LogP contribution in [0.1, 0.15) is 33.1 Å². The summed E-state index contributed by atoms with van der Waals surface area (Å²) in [5, 5.41) is 3.30. The molecule has 1 aliphatic rings. The van der Waals surface area contributed by atoms with Gasteiger partial charge in [-0.3, -0.25) is 0 Å². The van der Waals surface area contributed by atoms with Gasteiger partial charge in [-0.25, -0.2) is 14.4 Å². The molecule has 4 heteroatoms. The monoisotopic (exact) mass is 223 g/mol. The summed E-state index contributed by atoms with van der Waals surface area (Å²) in [5.74, 6) is 1.48.